The number of hydrogen-bond donors (Lipinski definition) is 1. The SMILES string of the molecule is O=C(NC1CN(S(=O)(=O)[O-])C1=O)/C(=N/OC(=O)C(Cl)Cl)c1cccs1.[Na+]. The van der Waals surface area contributed by atoms with Gasteiger partial charge in [-0.2, -0.15) is 0 Å². The van der Waals surface area contributed by atoms with Gasteiger partial charge in [0.05, 0.1) is 11.4 Å². The first-order chi connectivity index (χ1) is 11.6. The Kier molecular flexibility index (Phi) is 8.48. The van der Waals surface area contributed by atoms with E-state index in [0.29, 0.717) is 4.88 Å². The van der Waals surface area contributed by atoms with Crippen molar-refractivity contribution in [2.24, 2.45) is 5.16 Å². The van der Waals surface area contributed by atoms with E-state index in [1.54, 1.807) is 11.4 Å². The van der Waals surface area contributed by atoms with Crippen molar-refractivity contribution in [1.82, 2.24) is 9.62 Å². The molecule has 2 heterocycles. The van der Waals surface area contributed by atoms with Crippen LogP contribution in [0.3, 0.4) is 0 Å². The fourth-order valence-corrected chi connectivity index (χ4v) is 3.13. The second kappa shape index (κ2) is 9.46. The van der Waals surface area contributed by atoms with Gasteiger partial charge in [-0.05, 0) is 11.4 Å². The van der Waals surface area contributed by atoms with Crippen LogP contribution in [0.4, 0.5) is 0 Å². The third-order valence-corrected chi connectivity index (χ3v) is 4.94. The van der Waals surface area contributed by atoms with Gasteiger partial charge in [0, 0.05) is 0 Å². The first kappa shape index (κ1) is 23.3. The van der Waals surface area contributed by atoms with Crippen LogP contribution in [0, 0.1) is 0 Å². The molecule has 1 aliphatic rings. The zero-order valence-corrected chi connectivity index (χ0v) is 18.1. The fourth-order valence-electron chi connectivity index (χ4n) is 1.67. The number of β-lactam (4-membered cyclic amide) rings is 1. The van der Waals surface area contributed by atoms with Crippen LogP contribution in [0.15, 0.2) is 22.7 Å². The van der Waals surface area contributed by atoms with Gasteiger partial charge in [0.25, 0.3) is 11.8 Å². The van der Waals surface area contributed by atoms with Crippen molar-refractivity contribution in [3.8, 4) is 0 Å². The molecule has 2 amide bonds. The zero-order valence-electron chi connectivity index (χ0n) is 12.9. The second-order valence-corrected chi connectivity index (χ2v) is 7.82. The van der Waals surface area contributed by atoms with Crippen LogP contribution in [-0.2, 0) is 29.5 Å². The molecule has 0 spiro atoms. The number of halogens is 2. The molecule has 1 saturated heterocycles. The Morgan fingerprint density at radius 1 is 1.46 bits per heavy atom. The first-order valence-corrected chi connectivity index (χ1v) is 9.42. The molecule has 1 aromatic heterocycles. The van der Waals surface area contributed by atoms with Crippen LogP contribution in [-0.4, -0.2) is 58.2 Å². The molecule has 1 unspecified atom stereocenters. The van der Waals surface area contributed by atoms with E-state index in [9.17, 15) is 27.4 Å². The van der Waals surface area contributed by atoms with Crippen molar-refractivity contribution in [2.45, 2.75) is 10.9 Å². The third kappa shape index (κ3) is 5.63. The van der Waals surface area contributed by atoms with Crippen LogP contribution in [0.5, 0.6) is 0 Å². The minimum atomic E-state index is -4.92. The zero-order chi connectivity index (χ0) is 18.8. The predicted octanol–water partition coefficient (Wildman–Crippen LogP) is -3.41. The van der Waals surface area contributed by atoms with E-state index in [0.717, 1.165) is 11.3 Å². The van der Waals surface area contributed by atoms with Gasteiger partial charge in [-0.15, -0.1) is 11.3 Å². The topological polar surface area (TPSA) is 145 Å². The number of amides is 2. The summed E-state index contributed by atoms with van der Waals surface area (Å²) in [4.78, 5) is 38.3. The largest absolute Gasteiger partial charge is 1.00 e. The normalized spacial score (nSPS) is 17.4. The van der Waals surface area contributed by atoms with E-state index in [-0.39, 0.29) is 39.6 Å². The molecule has 0 radical (unpaired) electrons. The summed E-state index contributed by atoms with van der Waals surface area (Å²) >= 11 is 11.7. The van der Waals surface area contributed by atoms with E-state index < -0.39 is 45.5 Å². The molecule has 1 aromatic rings. The number of alkyl halides is 2. The van der Waals surface area contributed by atoms with Crippen molar-refractivity contribution >= 4 is 68.3 Å². The van der Waals surface area contributed by atoms with Gasteiger partial charge >= 0.3 is 35.5 Å². The Balaban J connectivity index is 0.00000338. The Morgan fingerprint density at radius 2 is 2.12 bits per heavy atom. The van der Waals surface area contributed by atoms with Crippen LogP contribution >= 0.6 is 34.5 Å². The second-order valence-electron chi connectivity index (χ2n) is 4.48. The van der Waals surface area contributed by atoms with Crippen molar-refractivity contribution in [1.29, 1.82) is 0 Å². The van der Waals surface area contributed by atoms with E-state index in [1.165, 1.54) is 6.07 Å². The summed E-state index contributed by atoms with van der Waals surface area (Å²) in [7, 11) is -4.92. The average Bonchev–Trinajstić information content (AvgIpc) is 3.03. The number of rotatable bonds is 6. The molecule has 136 valence electrons. The predicted molar refractivity (Wildman–Crippen MR) is 85.8 cm³/mol. The molecular formula is C11H8Cl2N3NaO7S2. The molecule has 0 saturated carbocycles. The Labute approximate surface area is 183 Å². The number of carbonyl (C=O) groups is 3. The Hall–Kier alpha value is -0.730. The minimum Gasteiger partial charge on any atom is -0.731 e. The molecule has 15 heteroatoms. The van der Waals surface area contributed by atoms with Gasteiger partial charge in [0.15, 0.2) is 16.0 Å². The maximum atomic E-state index is 12.2. The van der Waals surface area contributed by atoms with Gasteiger partial charge < -0.3 is 14.7 Å². The van der Waals surface area contributed by atoms with Crippen LogP contribution in [0.25, 0.3) is 0 Å². The molecule has 1 N–H and O–H groups in total. The summed E-state index contributed by atoms with van der Waals surface area (Å²) in [6.07, 6.45) is 0. The third-order valence-electron chi connectivity index (χ3n) is 2.84. The smallest absolute Gasteiger partial charge is 0.731 e. The number of nitrogens with one attached hydrogen (secondary N) is 1. The summed E-state index contributed by atoms with van der Waals surface area (Å²) in [6.45, 7) is -0.501. The van der Waals surface area contributed by atoms with Crippen LogP contribution in [0.2, 0.25) is 0 Å². The molecule has 2 rings (SSSR count). The van der Waals surface area contributed by atoms with Crippen molar-refractivity contribution in [2.75, 3.05) is 6.54 Å². The summed E-state index contributed by atoms with van der Waals surface area (Å²) in [5, 5.41) is 7.20. The molecule has 0 aliphatic carbocycles. The monoisotopic (exact) mass is 451 g/mol. The number of carbonyl (C=O) groups excluding carboxylic acids is 3. The first-order valence-electron chi connectivity index (χ1n) is 6.30. The quantitative estimate of drug-likeness (QED) is 0.0901. The molecule has 1 atom stereocenters. The number of nitrogens with zero attached hydrogens (tertiary/aromatic N) is 2. The molecule has 10 nitrogen and oxygen atoms in total. The van der Waals surface area contributed by atoms with Gasteiger partial charge in [-0.25, -0.2) is 17.5 Å². The van der Waals surface area contributed by atoms with Crippen molar-refractivity contribution in [3.05, 3.63) is 22.4 Å². The van der Waals surface area contributed by atoms with Gasteiger partial charge in [0.2, 0.25) is 4.84 Å². The fraction of sp³-hybridized carbons (Fsp3) is 0.273. The van der Waals surface area contributed by atoms with Gasteiger partial charge in [0.1, 0.15) is 6.04 Å². The van der Waals surface area contributed by atoms with Crippen LogP contribution in [0.1, 0.15) is 4.88 Å². The summed E-state index contributed by atoms with van der Waals surface area (Å²) in [5.41, 5.74) is -0.353. The number of oxime groups is 1. The Bertz CT molecular complexity index is 829. The van der Waals surface area contributed by atoms with Gasteiger partial charge in [-0.1, -0.05) is 34.4 Å². The molecule has 1 aliphatic heterocycles. The molecule has 26 heavy (non-hydrogen) atoms. The summed E-state index contributed by atoms with van der Waals surface area (Å²) in [5.74, 6) is -3.11. The van der Waals surface area contributed by atoms with E-state index >= 15 is 0 Å². The summed E-state index contributed by atoms with van der Waals surface area (Å²) in [6, 6.07) is 1.87. The Morgan fingerprint density at radius 3 is 2.58 bits per heavy atom. The molecule has 0 aromatic carbocycles. The van der Waals surface area contributed by atoms with Crippen molar-refractivity contribution in [3.63, 3.8) is 0 Å². The number of hydrogen-bond acceptors (Lipinski definition) is 9. The minimum absolute atomic E-state index is 0. The molecule has 1 fully saturated rings. The standard InChI is InChI=1S/C11H9Cl2N3O7S2.Na/c12-8(13)11(19)23-15-7(6-2-1-3-24-6)9(17)14-5-4-16(10(5)18)25(20,21)22;/h1-3,5,8H,4H2,(H,14,17)(H,20,21,22);/q;+1/p-1/b15-7+;. The van der Waals surface area contributed by atoms with E-state index in [1.807, 2.05) is 0 Å². The maximum absolute atomic E-state index is 12.2. The average molecular weight is 452 g/mol. The van der Waals surface area contributed by atoms with Crippen LogP contribution < -0.4 is 34.9 Å². The van der Waals surface area contributed by atoms with E-state index in [4.69, 9.17) is 23.2 Å². The van der Waals surface area contributed by atoms with E-state index in [2.05, 4.69) is 15.3 Å². The maximum Gasteiger partial charge on any atom is 1.00 e. The summed E-state index contributed by atoms with van der Waals surface area (Å²) < 4.78 is 32.3. The molecule has 0 bridgehead atoms. The number of thiophene rings is 1. The molecular weight excluding hydrogens is 444 g/mol. The van der Waals surface area contributed by atoms with Crippen molar-refractivity contribution < 1.29 is 61.7 Å². The van der Waals surface area contributed by atoms with Gasteiger partial charge in [-0.3, -0.25) is 9.59 Å².